The van der Waals surface area contributed by atoms with Gasteiger partial charge in [-0.25, -0.2) is 0 Å². The first-order chi connectivity index (χ1) is 12.2. The van der Waals surface area contributed by atoms with Crippen LogP contribution in [0.2, 0.25) is 0 Å². The lowest BCUT2D eigenvalue weighted by molar-refractivity contribution is -0.132. The maximum atomic E-state index is 12.3. The summed E-state index contributed by atoms with van der Waals surface area (Å²) in [5, 5.41) is 3.05. The second-order valence-corrected chi connectivity index (χ2v) is 6.70. The Balaban J connectivity index is 1.69. The van der Waals surface area contributed by atoms with Gasteiger partial charge in [0.1, 0.15) is 0 Å². The van der Waals surface area contributed by atoms with Gasteiger partial charge in [0.25, 0.3) is 0 Å². The highest BCUT2D eigenvalue weighted by Crippen LogP contribution is 2.18. The minimum absolute atomic E-state index is 0.0299. The van der Waals surface area contributed by atoms with Gasteiger partial charge >= 0.3 is 0 Å². The van der Waals surface area contributed by atoms with Crippen molar-refractivity contribution in [2.75, 3.05) is 19.6 Å². The van der Waals surface area contributed by atoms with E-state index in [1.165, 1.54) is 19.3 Å². The highest BCUT2D eigenvalue weighted by atomic mass is 16.2. The highest BCUT2D eigenvalue weighted by Gasteiger charge is 2.26. The molecule has 0 atom stereocenters. The molecule has 2 rings (SSSR count). The van der Waals surface area contributed by atoms with E-state index in [1.807, 2.05) is 41.3 Å². The molecule has 0 radical (unpaired) electrons. The van der Waals surface area contributed by atoms with E-state index in [0.717, 1.165) is 31.4 Å². The van der Waals surface area contributed by atoms with Crippen LogP contribution in [0.15, 0.2) is 36.4 Å². The summed E-state index contributed by atoms with van der Waals surface area (Å²) in [6.45, 7) is 4.28. The van der Waals surface area contributed by atoms with Crippen molar-refractivity contribution in [1.29, 1.82) is 0 Å². The molecule has 1 aromatic carbocycles. The third-order valence-electron chi connectivity index (χ3n) is 4.72. The van der Waals surface area contributed by atoms with E-state index < -0.39 is 0 Å². The van der Waals surface area contributed by atoms with Gasteiger partial charge in [-0.1, -0.05) is 56.5 Å². The van der Waals surface area contributed by atoms with Gasteiger partial charge in [-0.15, -0.1) is 0 Å². The fraction of sp³-hybridized carbons (Fsp3) is 0.524. The second-order valence-electron chi connectivity index (χ2n) is 6.70. The number of nitrogens with zero attached hydrogens (tertiary/aromatic N) is 1. The molecule has 2 amide bonds. The third-order valence-corrected chi connectivity index (χ3v) is 4.72. The summed E-state index contributed by atoms with van der Waals surface area (Å²) >= 11 is 0. The molecule has 1 fully saturated rings. The van der Waals surface area contributed by atoms with E-state index in [0.29, 0.717) is 13.1 Å². The van der Waals surface area contributed by atoms with Crippen molar-refractivity contribution in [3.63, 3.8) is 0 Å². The second kappa shape index (κ2) is 10.7. The minimum atomic E-state index is 0.0299. The number of rotatable bonds is 8. The monoisotopic (exact) mass is 342 g/mol. The van der Waals surface area contributed by atoms with Crippen molar-refractivity contribution >= 4 is 17.9 Å². The van der Waals surface area contributed by atoms with E-state index in [1.54, 1.807) is 6.08 Å². The minimum Gasteiger partial charge on any atom is -0.356 e. The van der Waals surface area contributed by atoms with Crippen molar-refractivity contribution in [3.8, 4) is 0 Å². The lowest BCUT2D eigenvalue weighted by Crippen LogP contribution is -2.42. The molecule has 1 saturated heterocycles. The lowest BCUT2D eigenvalue weighted by Gasteiger charge is -2.30. The van der Waals surface area contributed by atoms with Gasteiger partial charge in [-0.3, -0.25) is 9.59 Å². The molecule has 0 bridgehead atoms. The Morgan fingerprint density at radius 1 is 1.12 bits per heavy atom. The van der Waals surface area contributed by atoms with Crippen molar-refractivity contribution < 1.29 is 9.59 Å². The molecule has 1 aliphatic rings. The van der Waals surface area contributed by atoms with Crippen LogP contribution in [0, 0.1) is 5.92 Å². The Morgan fingerprint density at radius 2 is 1.84 bits per heavy atom. The summed E-state index contributed by atoms with van der Waals surface area (Å²) in [6, 6.07) is 9.81. The number of hydrogen-bond acceptors (Lipinski definition) is 2. The summed E-state index contributed by atoms with van der Waals surface area (Å²) in [6.07, 6.45) is 9.66. The van der Waals surface area contributed by atoms with Crippen molar-refractivity contribution in [2.45, 2.75) is 45.4 Å². The number of unbranched alkanes of at least 4 members (excludes halogenated alkanes) is 3. The van der Waals surface area contributed by atoms with Crippen molar-refractivity contribution in [1.82, 2.24) is 10.2 Å². The maximum Gasteiger partial charge on any atom is 0.246 e. The fourth-order valence-electron chi connectivity index (χ4n) is 3.11. The zero-order valence-corrected chi connectivity index (χ0v) is 15.2. The van der Waals surface area contributed by atoms with Crippen molar-refractivity contribution in [2.24, 2.45) is 5.92 Å². The molecule has 136 valence electrons. The molecule has 0 unspecified atom stereocenters. The molecule has 1 heterocycles. The summed E-state index contributed by atoms with van der Waals surface area (Å²) < 4.78 is 0. The number of carbonyl (C=O) groups is 2. The van der Waals surface area contributed by atoms with Crippen LogP contribution < -0.4 is 5.32 Å². The molecule has 0 aliphatic carbocycles. The standard InChI is InChI=1S/C21H30N2O2/c1-2-3-4-8-15-22-21(25)19-13-16-23(17-14-19)20(24)12-11-18-9-6-5-7-10-18/h5-7,9-12,19H,2-4,8,13-17H2,1H3,(H,22,25). The van der Waals surface area contributed by atoms with Gasteiger partial charge in [-0.2, -0.15) is 0 Å². The van der Waals surface area contributed by atoms with Crippen LogP contribution in [-0.2, 0) is 9.59 Å². The zero-order chi connectivity index (χ0) is 17.9. The molecule has 1 aromatic rings. The fourth-order valence-corrected chi connectivity index (χ4v) is 3.11. The molecule has 4 nitrogen and oxygen atoms in total. The topological polar surface area (TPSA) is 49.4 Å². The normalized spacial score (nSPS) is 15.5. The van der Waals surface area contributed by atoms with Crippen LogP contribution in [-0.4, -0.2) is 36.3 Å². The quantitative estimate of drug-likeness (QED) is 0.579. The van der Waals surface area contributed by atoms with E-state index in [-0.39, 0.29) is 17.7 Å². The smallest absolute Gasteiger partial charge is 0.246 e. The Kier molecular flexibility index (Phi) is 8.23. The molecule has 0 aromatic heterocycles. The average Bonchev–Trinajstić information content (AvgIpc) is 2.66. The van der Waals surface area contributed by atoms with Crippen LogP contribution in [0.25, 0.3) is 6.08 Å². The maximum absolute atomic E-state index is 12.3. The van der Waals surface area contributed by atoms with Gasteiger partial charge in [0.15, 0.2) is 0 Å². The summed E-state index contributed by atoms with van der Waals surface area (Å²) in [5.74, 6) is 0.235. The molecule has 0 saturated carbocycles. The van der Waals surface area contributed by atoms with E-state index in [4.69, 9.17) is 0 Å². The number of benzene rings is 1. The molecule has 25 heavy (non-hydrogen) atoms. The Labute approximate surface area is 151 Å². The largest absolute Gasteiger partial charge is 0.356 e. The first kappa shape index (κ1) is 19.2. The zero-order valence-electron chi connectivity index (χ0n) is 15.2. The van der Waals surface area contributed by atoms with Gasteiger partial charge in [-0.05, 0) is 30.9 Å². The van der Waals surface area contributed by atoms with Crippen LogP contribution in [0.4, 0.5) is 0 Å². The molecule has 4 heteroatoms. The van der Waals surface area contributed by atoms with Gasteiger partial charge in [0.2, 0.25) is 11.8 Å². The van der Waals surface area contributed by atoms with Crippen LogP contribution in [0.1, 0.15) is 51.0 Å². The first-order valence-electron chi connectivity index (χ1n) is 9.50. The molecule has 1 aliphatic heterocycles. The Hall–Kier alpha value is -2.10. The third kappa shape index (κ3) is 6.73. The molecular formula is C21H30N2O2. The Morgan fingerprint density at radius 3 is 2.52 bits per heavy atom. The number of likely N-dealkylation sites (tertiary alicyclic amines) is 1. The van der Waals surface area contributed by atoms with Gasteiger partial charge in [0, 0.05) is 31.6 Å². The van der Waals surface area contributed by atoms with E-state index >= 15 is 0 Å². The van der Waals surface area contributed by atoms with Gasteiger partial charge in [0.05, 0.1) is 0 Å². The molecular weight excluding hydrogens is 312 g/mol. The number of amides is 2. The summed E-state index contributed by atoms with van der Waals surface area (Å²) in [7, 11) is 0. The lowest BCUT2D eigenvalue weighted by atomic mass is 9.95. The Bertz CT molecular complexity index is 561. The average molecular weight is 342 g/mol. The summed E-state index contributed by atoms with van der Waals surface area (Å²) in [4.78, 5) is 26.3. The molecule has 1 N–H and O–H groups in total. The predicted molar refractivity (Wildman–Crippen MR) is 102 cm³/mol. The van der Waals surface area contributed by atoms with Crippen LogP contribution in [0.3, 0.4) is 0 Å². The number of hydrogen-bond donors (Lipinski definition) is 1. The molecule has 0 spiro atoms. The van der Waals surface area contributed by atoms with E-state index in [2.05, 4.69) is 12.2 Å². The van der Waals surface area contributed by atoms with Crippen LogP contribution in [0.5, 0.6) is 0 Å². The highest BCUT2D eigenvalue weighted by molar-refractivity contribution is 5.92. The first-order valence-corrected chi connectivity index (χ1v) is 9.50. The van der Waals surface area contributed by atoms with Crippen LogP contribution >= 0.6 is 0 Å². The SMILES string of the molecule is CCCCCCNC(=O)C1CCN(C(=O)C=Cc2ccccc2)CC1. The van der Waals surface area contributed by atoms with Gasteiger partial charge < -0.3 is 10.2 Å². The number of piperidine rings is 1. The van der Waals surface area contributed by atoms with Crippen molar-refractivity contribution in [3.05, 3.63) is 42.0 Å². The number of carbonyl (C=O) groups excluding carboxylic acids is 2. The summed E-state index contributed by atoms with van der Waals surface area (Å²) in [5.41, 5.74) is 1.02. The number of nitrogens with one attached hydrogen (secondary N) is 1. The van der Waals surface area contributed by atoms with E-state index in [9.17, 15) is 9.59 Å². The predicted octanol–water partition coefficient (Wildman–Crippen LogP) is 3.63.